The average Bonchev–Trinajstić information content (AvgIpc) is 1.94. The van der Waals surface area contributed by atoms with E-state index in [4.69, 9.17) is 11.8 Å². The Morgan fingerprint density at radius 3 is 1.92 bits per heavy atom. The van der Waals surface area contributed by atoms with E-state index in [0.29, 0.717) is 0 Å². The lowest BCUT2D eigenvalue weighted by Gasteiger charge is -2.08. The molecule has 2 heteroatoms. The highest BCUT2D eigenvalue weighted by atomic mass is 32.4. The molecule has 0 aliphatic carbocycles. The zero-order valence-corrected chi connectivity index (χ0v) is 10.5. The van der Waals surface area contributed by atoms with Crippen molar-refractivity contribution in [1.29, 1.82) is 0 Å². The smallest absolute Gasteiger partial charge is 0.0240 e. The molecular formula is C10H23PS. The van der Waals surface area contributed by atoms with Gasteiger partial charge in [-0.3, -0.25) is 0 Å². The van der Waals surface area contributed by atoms with E-state index in [1.54, 1.807) is 0 Å². The SMILES string of the molecule is CCCCCCCCP(C)(C)=S. The fourth-order valence-electron chi connectivity index (χ4n) is 1.27. The Morgan fingerprint density at radius 2 is 1.42 bits per heavy atom. The summed E-state index contributed by atoms with van der Waals surface area (Å²) in [7, 11) is 0. The molecule has 0 aliphatic rings. The van der Waals surface area contributed by atoms with E-state index in [1.807, 2.05) is 0 Å². The first-order valence-electron chi connectivity index (χ1n) is 5.10. The quantitative estimate of drug-likeness (QED) is 0.446. The molecule has 0 saturated carbocycles. The minimum absolute atomic E-state index is 0.888. The van der Waals surface area contributed by atoms with Gasteiger partial charge in [0.15, 0.2) is 0 Å². The number of rotatable bonds is 7. The van der Waals surface area contributed by atoms with Gasteiger partial charge >= 0.3 is 0 Å². The van der Waals surface area contributed by atoms with Crippen LogP contribution in [0.5, 0.6) is 0 Å². The molecule has 0 aromatic heterocycles. The van der Waals surface area contributed by atoms with Gasteiger partial charge < -0.3 is 0 Å². The van der Waals surface area contributed by atoms with Crippen molar-refractivity contribution < 1.29 is 0 Å². The van der Waals surface area contributed by atoms with Crippen molar-refractivity contribution in [3.05, 3.63) is 0 Å². The fourth-order valence-corrected chi connectivity index (χ4v) is 2.65. The standard InChI is InChI=1S/C10H23PS/c1-4-5-6-7-8-9-10-11(2,3)12/h4-10H2,1-3H3. The Labute approximate surface area is 83.1 Å². The zero-order valence-electron chi connectivity index (χ0n) is 8.81. The molecule has 0 bridgehead atoms. The van der Waals surface area contributed by atoms with Gasteiger partial charge in [0.25, 0.3) is 0 Å². The maximum atomic E-state index is 5.40. The molecule has 0 aromatic carbocycles. The second-order valence-electron chi connectivity index (χ2n) is 4.07. The molecule has 0 nitrogen and oxygen atoms in total. The Kier molecular flexibility index (Phi) is 7.48. The first kappa shape index (κ1) is 12.7. The van der Waals surface area contributed by atoms with Crippen LogP contribution in [0.25, 0.3) is 0 Å². The first-order valence-corrected chi connectivity index (χ1v) is 8.98. The van der Waals surface area contributed by atoms with E-state index >= 15 is 0 Å². The van der Waals surface area contributed by atoms with Crippen LogP contribution < -0.4 is 0 Å². The molecule has 12 heavy (non-hydrogen) atoms. The summed E-state index contributed by atoms with van der Waals surface area (Å²) in [6, 6.07) is -0.888. The van der Waals surface area contributed by atoms with Crippen LogP contribution in [0, 0.1) is 0 Å². The van der Waals surface area contributed by atoms with E-state index in [9.17, 15) is 0 Å². The van der Waals surface area contributed by atoms with Crippen LogP contribution in [0.4, 0.5) is 0 Å². The van der Waals surface area contributed by atoms with E-state index in [0.717, 1.165) is 0 Å². The summed E-state index contributed by atoms with van der Waals surface area (Å²) in [5.41, 5.74) is 0. The topological polar surface area (TPSA) is 0 Å². The van der Waals surface area contributed by atoms with Crippen LogP contribution in [0.1, 0.15) is 45.4 Å². The molecule has 0 fully saturated rings. The molecule has 0 aliphatic heterocycles. The summed E-state index contributed by atoms with van der Waals surface area (Å²) in [6.07, 6.45) is 9.68. The normalized spacial score (nSPS) is 11.9. The summed E-state index contributed by atoms with van der Waals surface area (Å²) in [6.45, 7) is 6.78. The second-order valence-corrected chi connectivity index (χ2v) is 10.6. The zero-order chi connectivity index (χ0) is 9.45. The lowest BCUT2D eigenvalue weighted by molar-refractivity contribution is 0.626. The minimum Gasteiger partial charge on any atom is -0.0981 e. The highest BCUT2D eigenvalue weighted by Crippen LogP contribution is 2.37. The molecule has 74 valence electrons. The van der Waals surface area contributed by atoms with E-state index in [1.165, 1.54) is 44.7 Å². The summed E-state index contributed by atoms with van der Waals surface area (Å²) in [5, 5.41) is 0. The van der Waals surface area contributed by atoms with Crippen LogP contribution in [-0.2, 0) is 11.8 Å². The Bertz CT molecular complexity index is 137. The van der Waals surface area contributed by atoms with E-state index in [-0.39, 0.29) is 0 Å². The molecule has 0 atom stereocenters. The largest absolute Gasteiger partial charge is 0.0981 e. The predicted octanol–water partition coefficient (Wildman–Crippen LogP) is 4.09. The van der Waals surface area contributed by atoms with Crippen molar-refractivity contribution in [3.8, 4) is 0 Å². The molecule has 0 spiro atoms. The molecule has 0 unspecified atom stereocenters. The van der Waals surface area contributed by atoms with E-state index in [2.05, 4.69) is 20.3 Å². The molecule has 0 amide bonds. The van der Waals surface area contributed by atoms with Gasteiger partial charge in [0.2, 0.25) is 0 Å². The molecular weight excluding hydrogens is 183 g/mol. The molecule has 0 radical (unpaired) electrons. The third kappa shape index (κ3) is 10.7. The molecule has 0 N–H and O–H groups in total. The molecule has 0 rings (SSSR count). The van der Waals surface area contributed by atoms with Gasteiger partial charge in [0.1, 0.15) is 0 Å². The van der Waals surface area contributed by atoms with Crippen LogP contribution in [0.2, 0.25) is 0 Å². The average molecular weight is 206 g/mol. The number of hydrogen-bond donors (Lipinski definition) is 0. The first-order chi connectivity index (χ1) is 5.56. The van der Waals surface area contributed by atoms with Gasteiger partial charge in [0.05, 0.1) is 0 Å². The van der Waals surface area contributed by atoms with Gasteiger partial charge in [-0.1, -0.05) is 50.8 Å². The predicted molar refractivity (Wildman–Crippen MR) is 64.4 cm³/mol. The van der Waals surface area contributed by atoms with Crippen molar-refractivity contribution in [2.75, 3.05) is 19.5 Å². The van der Waals surface area contributed by atoms with Crippen molar-refractivity contribution in [3.63, 3.8) is 0 Å². The molecule has 0 aromatic rings. The van der Waals surface area contributed by atoms with Gasteiger partial charge in [-0.2, -0.15) is 0 Å². The highest BCUT2D eigenvalue weighted by molar-refractivity contribution is 8.13. The van der Waals surface area contributed by atoms with Gasteiger partial charge in [-0.25, -0.2) is 0 Å². The molecule has 0 heterocycles. The minimum atomic E-state index is -0.888. The van der Waals surface area contributed by atoms with E-state index < -0.39 is 6.04 Å². The Hall–Kier alpha value is 0.650. The van der Waals surface area contributed by atoms with Crippen LogP contribution >= 0.6 is 6.04 Å². The van der Waals surface area contributed by atoms with Crippen LogP contribution in [0.3, 0.4) is 0 Å². The van der Waals surface area contributed by atoms with Gasteiger partial charge in [-0.05, 0) is 32.0 Å². The highest BCUT2D eigenvalue weighted by Gasteiger charge is 2.00. The fraction of sp³-hybridized carbons (Fsp3) is 1.00. The van der Waals surface area contributed by atoms with Gasteiger partial charge in [-0.15, -0.1) is 0 Å². The van der Waals surface area contributed by atoms with Crippen LogP contribution in [-0.4, -0.2) is 19.5 Å². The lowest BCUT2D eigenvalue weighted by Crippen LogP contribution is -1.86. The summed E-state index contributed by atoms with van der Waals surface area (Å²) >= 11 is 5.40. The van der Waals surface area contributed by atoms with Crippen molar-refractivity contribution in [2.45, 2.75) is 45.4 Å². The maximum absolute atomic E-state index is 5.40. The van der Waals surface area contributed by atoms with Crippen molar-refractivity contribution >= 4 is 17.8 Å². The maximum Gasteiger partial charge on any atom is -0.0240 e. The molecule has 0 saturated heterocycles. The number of unbranched alkanes of at least 4 members (excludes halogenated alkanes) is 5. The Morgan fingerprint density at radius 1 is 0.917 bits per heavy atom. The van der Waals surface area contributed by atoms with Crippen LogP contribution in [0.15, 0.2) is 0 Å². The Balaban J connectivity index is 3.06. The second kappa shape index (κ2) is 7.09. The number of hydrogen-bond acceptors (Lipinski definition) is 1. The third-order valence-electron chi connectivity index (χ3n) is 2.05. The van der Waals surface area contributed by atoms with Gasteiger partial charge in [0, 0.05) is 0 Å². The summed E-state index contributed by atoms with van der Waals surface area (Å²) in [5.74, 6) is 0. The summed E-state index contributed by atoms with van der Waals surface area (Å²) < 4.78 is 0. The lowest BCUT2D eigenvalue weighted by atomic mass is 10.1. The summed E-state index contributed by atoms with van der Waals surface area (Å²) in [4.78, 5) is 0. The third-order valence-corrected chi connectivity index (χ3v) is 3.99. The monoisotopic (exact) mass is 206 g/mol. The van der Waals surface area contributed by atoms with Crippen molar-refractivity contribution in [1.82, 2.24) is 0 Å². The van der Waals surface area contributed by atoms with Crippen molar-refractivity contribution in [2.24, 2.45) is 0 Å².